The highest BCUT2D eigenvalue weighted by molar-refractivity contribution is 9.10. The molecular formula is C22H25BrN2O8S. The molecule has 1 heterocycles. The maximum absolute atomic E-state index is 13.2. The topological polar surface area (TPSA) is 128 Å². The van der Waals surface area contributed by atoms with Gasteiger partial charge in [-0.05, 0) is 37.6 Å². The molecule has 2 fully saturated rings. The van der Waals surface area contributed by atoms with E-state index in [1.54, 1.807) is 12.1 Å². The number of hydrogen-bond donors (Lipinski definition) is 1. The first kappa shape index (κ1) is 25.9. The third kappa shape index (κ3) is 5.34. The minimum atomic E-state index is -4.17. The van der Waals surface area contributed by atoms with Crippen LogP contribution < -0.4 is 5.32 Å². The number of allylic oxidation sites excluding steroid dienone is 1. The van der Waals surface area contributed by atoms with Gasteiger partial charge in [0.2, 0.25) is 5.91 Å². The normalized spacial score (nSPS) is 25.9. The molecule has 0 unspecified atom stereocenters. The molecule has 2 amide bonds. The Hall–Kier alpha value is -2.70. The molecule has 1 aromatic rings. The van der Waals surface area contributed by atoms with Crippen molar-refractivity contribution in [2.75, 3.05) is 13.7 Å². The smallest absolute Gasteiger partial charge is 0.415 e. The summed E-state index contributed by atoms with van der Waals surface area (Å²) in [5.41, 5.74) is -1.28. The minimum absolute atomic E-state index is 0.0730. The van der Waals surface area contributed by atoms with Gasteiger partial charge in [-0.15, -0.1) is 6.58 Å². The number of esters is 1. The summed E-state index contributed by atoms with van der Waals surface area (Å²) in [6, 6.07) is 4.69. The number of benzene rings is 1. The van der Waals surface area contributed by atoms with E-state index >= 15 is 0 Å². The highest BCUT2D eigenvalue weighted by atomic mass is 79.9. The molecule has 1 aliphatic carbocycles. The Balaban J connectivity index is 1.81. The maximum atomic E-state index is 13.2. The van der Waals surface area contributed by atoms with Gasteiger partial charge in [0.05, 0.1) is 30.4 Å². The molecule has 12 heteroatoms. The van der Waals surface area contributed by atoms with Crippen molar-refractivity contribution in [2.45, 2.75) is 42.3 Å². The number of rotatable bonds is 8. The molecule has 2 aliphatic rings. The first-order chi connectivity index (χ1) is 15.9. The number of carbonyl (C=O) groups is 3. The van der Waals surface area contributed by atoms with Crippen LogP contribution in [0.1, 0.15) is 19.8 Å². The summed E-state index contributed by atoms with van der Waals surface area (Å²) in [6.07, 6.45) is -0.206. The van der Waals surface area contributed by atoms with E-state index in [1.807, 2.05) is 0 Å². The molecule has 0 aromatic heterocycles. The zero-order valence-corrected chi connectivity index (χ0v) is 21.1. The second-order valence-electron chi connectivity index (χ2n) is 8.10. The van der Waals surface area contributed by atoms with Crippen LogP contribution >= 0.6 is 15.9 Å². The fourth-order valence-corrected chi connectivity index (χ4v) is 5.19. The first-order valence-electron chi connectivity index (χ1n) is 10.3. The lowest BCUT2D eigenvalue weighted by atomic mass is 10.1. The SMILES string of the molecule is C=C[C@@H]1C[C@]1(NC(=O)[C@@H]1C[C@H](OS(=O)(=O)c2ccc(Br)cc2)CN1C(=O)OC(=C)C)C(=O)OC. The molecule has 1 aromatic carbocycles. The molecule has 1 saturated carbocycles. The lowest BCUT2D eigenvalue weighted by molar-refractivity contribution is -0.147. The molecule has 3 rings (SSSR count). The van der Waals surface area contributed by atoms with Crippen LogP contribution in [-0.4, -0.2) is 62.6 Å². The van der Waals surface area contributed by atoms with E-state index in [1.165, 1.54) is 32.2 Å². The van der Waals surface area contributed by atoms with Crippen molar-refractivity contribution < 1.29 is 36.5 Å². The van der Waals surface area contributed by atoms with Gasteiger partial charge >= 0.3 is 12.1 Å². The number of amides is 2. The molecule has 1 saturated heterocycles. The van der Waals surface area contributed by atoms with E-state index in [4.69, 9.17) is 13.7 Å². The number of carbonyl (C=O) groups excluding carboxylic acids is 3. The Labute approximate surface area is 206 Å². The van der Waals surface area contributed by atoms with E-state index in [0.717, 1.165) is 4.90 Å². The van der Waals surface area contributed by atoms with Crippen LogP contribution in [0.5, 0.6) is 0 Å². The van der Waals surface area contributed by atoms with Gasteiger partial charge in [-0.2, -0.15) is 8.42 Å². The second-order valence-corrected chi connectivity index (χ2v) is 10.6. The number of nitrogens with one attached hydrogen (secondary N) is 1. The molecule has 10 nitrogen and oxygen atoms in total. The van der Waals surface area contributed by atoms with Crippen molar-refractivity contribution in [1.29, 1.82) is 0 Å². The van der Waals surface area contributed by atoms with Gasteiger partial charge in [0, 0.05) is 16.8 Å². The van der Waals surface area contributed by atoms with Crippen LogP contribution in [0.3, 0.4) is 0 Å². The van der Waals surface area contributed by atoms with Gasteiger partial charge in [-0.1, -0.05) is 28.6 Å². The summed E-state index contributed by atoms with van der Waals surface area (Å²) in [6.45, 7) is 8.40. The number of likely N-dealkylation sites (tertiary alicyclic amines) is 1. The monoisotopic (exact) mass is 556 g/mol. The van der Waals surface area contributed by atoms with E-state index in [2.05, 4.69) is 34.4 Å². The molecule has 4 atom stereocenters. The predicted molar refractivity (Wildman–Crippen MR) is 124 cm³/mol. The van der Waals surface area contributed by atoms with E-state index in [-0.39, 0.29) is 29.5 Å². The van der Waals surface area contributed by atoms with Gasteiger partial charge in [-0.3, -0.25) is 13.9 Å². The van der Waals surface area contributed by atoms with Crippen molar-refractivity contribution in [3.63, 3.8) is 0 Å². The molecule has 0 spiro atoms. The molecule has 34 heavy (non-hydrogen) atoms. The van der Waals surface area contributed by atoms with Crippen LogP contribution in [0.15, 0.2) is 58.6 Å². The van der Waals surface area contributed by atoms with Crippen molar-refractivity contribution in [2.24, 2.45) is 5.92 Å². The van der Waals surface area contributed by atoms with Crippen LogP contribution in [0.4, 0.5) is 4.79 Å². The quantitative estimate of drug-likeness (QED) is 0.224. The molecule has 0 bridgehead atoms. The molecule has 1 aliphatic heterocycles. The maximum Gasteiger partial charge on any atom is 0.415 e. The number of ether oxygens (including phenoxy) is 2. The Morgan fingerprint density at radius 1 is 1.26 bits per heavy atom. The highest BCUT2D eigenvalue weighted by Gasteiger charge is 2.62. The van der Waals surface area contributed by atoms with Gasteiger partial charge in [0.15, 0.2) is 0 Å². The Bertz CT molecular complexity index is 1120. The van der Waals surface area contributed by atoms with Crippen LogP contribution in [0, 0.1) is 5.92 Å². The summed E-state index contributed by atoms with van der Waals surface area (Å²) < 4.78 is 41.3. The Morgan fingerprint density at radius 2 is 1.91 bits per heavy atom. The first-order valence-corrected chi connectivity index (χ1v) is 12.5. The van der Waals surface area contributed by atoms with Gasteiger partial charge < -0.3 is 14.8 Å². The number of hydrogen-bond acceptors (Lipinski definition) is 8. The van der Waals surface area contributed by atoms with Crippen molar-refractivity contribution >= 4 is 44.0 Å². The number of methoxy groups -OCH3 is 1. The summed E-state index contributed by atoms with van der Waals surface area (Å²) >= 11 is 3.24. The van der Waals surface area contributed by atoms with Crippen LogP contribution in [0.25, 0.3) is 0 Å². The summed E-state index contributed by atoms with van der Waals surface area (Å²) in [5.74, 6) is -1.53. The summed E-state index contributed by atoms with van der Waals surface area (Å²) in [4.78, 5) is 39.1. The third-order valence-corrected chi connectivity index (χ3v) is 7.53. The van der Waals surface area contributed by atoms with Crippen molar-refractivity contribution in [1.82, 2.24) is 10.2 Å². The minimum Gasteiger partial charge on any atom is -0.467 e. The molecule has 0 radical (unpaired) electrons. The Morgan fingerprint density at radius 3 is 2.44 bits per heavy atom. The fraction of sp³-hybridized carbons (Fsp3) is 0.409. The van der Waals surface area contributed by atoms with E-state index < -0.39 is 45.8 Å². The van der Waals surface area contributed by atoms with E-state index in [0.29, 0.717) is 10.9 Å². The second kappa shape index (κ2) is 9.88. The zero-order valence-electron chi connectivity index (χ0n) is 18.7. The lowest BCUT2D eigenvalue weighted by Crippen LogP contribution is -2.53. The lowest BCUT2D eigenvalue weighted by Gasteiger charge is -2.25. The molecule has 184 valence electrons. The van der Waals surface area contributed by atoms with Crippen molar-refractivity contribution in [3.8, 4) is 0 Å². The summed E-state index contributed by atoms with van der Waals surface area (Å²) in [5, 5.41) is 2.65. The predicted octanol–water partition coefficient (Wildman–Crippen LogP) is 2.50. The third-order valence-electron chi connectivity index (χ3n) is 5.62. The Kier molecular flexibility index (Phi) is 7.53. The average Bonchev–Trinajstić information content (AvgIpc) is 3.32. The molecule has 1 N–H and O–H groups in total. The van der Waals surface area contributed by atoms with Crippen LogP contribution in [-0.2, 0) is 33.4 Å². The molecular weight excluding hydrogens is 532 g/mol. The number of halogens is 1. The number of nitrogens with zero attached hydrogens (tertiary/aromatic N) is 1. The van der Waals surface area contributed by atoms with E-state index in [9.17, 15) is 22.8 Å². The van der Waals surface area contributed by atoms with Crippen LogP contribution in [0.2, 0.25) is 0 Å². The van der Waals surface area contributed by atoms with Crippen molar-refractivity contribution in [3.05, 3.63) is 53.7 Å². The van der Waals surface area contributed by atoms with Gasteiger partial charge in [-0.25, -0.2) is 9.59 Å². The standard InChI is InChI=1S/C22H25BrN2O8S/c1-5-14-11-22(14,20(27)31-4)24-19(26)18-10-16(12-25(18)21(28)32-13(2)3)33-34(29,30)17-8-6-15(23)7-9-17/h5-9,14,16,18H,1-2,10-12H2,3-4H3,(H,24,26)/t14-,16+,18+,22-/m1/s1. The fourth-order valence-electron chi connectivity index (χ4n) is 3.85. The highest BCUT2D eigenvalue weighted by Crippen LogP contribution is 2.45. The largest absolute Gasteiger partial charge is 0.467 e. The summed E-state index contributed by atoms with van der Waals surface area (Å²) in [7, 11) is -2.96. The zero-order chi connectivity index (χ0) is 25.3. The average molecular weight is 557 g/mol. The van der Waals surface area contributed by atoms with Gasteiger partial charge in [0.25, 0.3) is 10.1 Å². The van der Waals surface area contributed by atoms with Gasteiger partial charge in [0.1, 0.15) is 11.6 Å².